The maximum absolute atomic E-state index is 11.6. The number of pyridine rings is 1. The molecule has 0 saturated carbocycles. The number of thiocarbonyl (C=S) groups is 1. The number of benzene rings is 2. The van der Waals surface area contributed by atoms with Gasteiger partial charge in [0.2, 0.25) is 0 Å². The summed E-state index contributed by atoms with van der Waals surface area (Å²) < 4.78 is 13.1. The maximum Gasteiger partial charge on any atom is 0.271 e. The highest BCUT2D eigenvalue weighted by Gasteiger charge is 2.42. The van der Waals surface area contributed by atoms with Crippen molar-refractivity contribution in [1.29, 1.82) is 0 Å². The van der Waals surface area contributed by atoms with Crippen LogP contribution in [0.4, 0.5) is 11.4 Å². The fourth-order valence-electron chi connectivity index (χ4n) is 5.13. The molecule has 0 unspecified atom stereocenters. The third-order valence-electron chi connectivity index (χ3n) is 6.83. The minimum absolute atomic E-state index is 0.0112. The van der Waals surface area contributed by atoms with Crippen molar-refractivity contribution in [3.8, 4) is 17.2 Å². The van der Waals surface area contributed by atoms with E-state index in [2.05, 4.69) is 21.3 Å². The molecule has 38 heavy (non-hydrogen) atoms. The summed E-state index contributed by atoms with van der Waals surface area (Å²) in [6.45, 7) is 3.97. The van der Waals surface area contributed by atoms with Gasteiger partial charge in [0.25, 0.3) is 5.69 Å². The summed E-state index contributed by atoms with van der Waals surface area (Å²) in [5.74, 6) is 1.26. The van der Waals surface area contributed by atoms with E-state index in [1.165, 1.54) is 12.1 Å². The van der Waals surface area contributed by atoms with E-state index in [0.29, 0.717) is 16.5 Å². The third kappa shape index (κ3) is 4.32. The average Bonchev–Trinajstić information content (AvgIpc) is 3.43. The Morgan fingerprint density at radius 1 is 1.03 bits per heavy atom. The first-order chi connectivity index (χ1) is 18.3. The number of nitrogens with zero attached hydrogens (tertiary/aromatic N) is 4. The summed E-state index contributed by atoms with van der Waals surface area (Å²) in [7, 11) is 3.19. The Bertz CT molecular complexity index is 1520. The minimum Gasteiger partial charge on any atom is -0.497 e. The van der Waals surface area contributed by atoms with Gasteiger partial charge >= 0.3 is 0 Å². The van der Waals surface area contributed by atoms with Crippen LogP contribution in [0, 0.1) is 24.0 Å². The first-order valence-corrected chi connectivity index (χ1v) is 12.4. The minimum atomic E-state index is -0.404. The highest BCUT2D eigenvalue weighted by Crippen LogP contribution is 2.45. The topological polar surface area (TPSA) is 94.7 Å². The molecule has 3 heterocycles. The Kier molecular flexibility index (Phi) is 6.73. The van der Waals surface area contributed by atoms with Gasteiger partial charge in [0, 0.05) is 41.5 Å². The highest BCUT2D eigenvalue weighted by atomic mass is 32.1. The standard InChI is InChI=1S/C28H27N5O4S/c1-17-14-22(18(2)31(17)24-16-20(33(34)35)11-12-25(24)37-4)27-26(23-10-5-6-13-29-23)30-28(38)32(27)19-8-7-9-21(15-19)36-3/h5-16,26-27H,1-4H3,(H,30,38)/t26-,27-/m1/s1. The molecule has 2 aromatic heterocycles. The summed E-state index contributed by atoms with van der Waals surface area (Å²) in [5.41, 5.74) is 5.13. The molecular weight excluding hydrogens is 502 g/mol. The number of nitro benzene ring substituents is 1. The van der Waals surface area contributed by atoms with Gasteiger partial charge in [-0.15, -0.1) is 0 Å². The van der Waals surface area contributed by atoms with E-state index in [4.69, 9.17) is 21.7 Å². The number of aromatic nitrogens is 2. The molecule has 1 fully saturated rings. The van der Waals surface area contributed by atoms with Gasteiger partial charge in [-0.2, -0.15) is 0 Å². The number of methoxy groups -OCH3 is 2. The first-order valence-electron chi connectivity index (χ1n) is 12.0. The van der Waals surface area contributed by atoms with Gasteiger partial charge < -0.3 is 24.3 Å². The summed E-state index contributed by atoms with van der Waals surface area (Å²) in [4.78, 5) is 17.9. The molecule has 0 spiro atoms. The van der Waals surface area contributed by atoms with Crippen LogP contribution in [0.5, 0.6) is 11.5 Å². The monoisotopic (exact) mass is 529 g/mol. The van der Waals surface area contributed by atoms with Gasteiger partial charge in [0.05, 0.1) is 42.6 Å². The lowest BCUT2D eigenvalue weighted by atomic mass is 9.96. The number of hydrogen-bond acceptors (Lipinski definition) is 6. The quantitative estimate of drug-likeness (QED) is 0.188. The molecule has 5 rings (SSSR count). The van der Waals surface area contributed by atoms with Crippen LogP contribution in [0.15, 0.2) is 72.9 Å². The molecule has 1 aliphatic heterocycles. The van der Waals surface area contributed by atoms with E-state index in [9.17, 15) is 10.1 Å². The number of rotatable bonds is 7. The second-order valence-electron chi connectivity index (χ2n) is 8.97. The van der Waals surface area contributed by atoms with Crippen LogP contribution in [0.1, 0.15) is 34.7 Å². The van der Waals surface area contributed by atoms with E-state index in [-0.39, 0.29) is 17.8 Å². The molecule has 2 atom stereocenters. The molecule has 9 nitrogen and oxygen atoms in total. The van der Waals surface area contributed by atoms with Crippen LogP contribution < -0.4 is 19.7 Å². The van der Waals surface area contributed by atoms with Crippen molar-refractivity contribution < 1.29 is 14.4 Å². The van der Waals surface area contributed by atoms with Crippen LogP contribution in [-0.4, -0.2) is 33.8 Å². The Labute approximate surface area is 225 Å². The predicted molar refractivity (Wildman–Crippen MR) is 149 cm³/mol. The first kappa shape index (κ1) is 25.2. The van der Waals surface area contributed by atoms with Gasteiger partial charge in [0.1, 0.15) is 11.5 Å². The molecule has 1 saturated heterocycles. The van der Waals surface area contributed by atoms with Crippen molar-refractivity contribution in [1.82, 2.24) is 14.9 Å². The fraction of sp³-hybridized carbons (Fsp3) is 0.214. The van der Waals surface area contributed by atoms with Crippen molar-refractivity contribution in [2.75, 3.05) is 19.1 Å². The van der Waals surface area contributed by atoms with Crippen LogP contribution >= 0.6 is 12.2 Å². The summed E-state index contributed by atoms with van der Waals surface area (Å²) in [5, 5.41) is 15.6. The number of non-ortho nitro benzene ring substituents is 1. The molecule has 0 amide bonds. The average molecular weight is 530 g/mol. The van der Waals surface area contributed by atoms with E-state index in [0.717, 1.165) is 34.1 Å². The number of nitrogens with one attached hydrogen (secondary N) is 1. The fourth-order valence-corrected chi connectivity index (χ4v) is 5.48. The summed E-state index contributed by atoms with van der Waals surface area (Å²) in [6, 6.07) is 19.8. The lowest BCUT2D eigenvalue weighted by Gasteiger charge is -2.28. The van der Waals surface area contributed by atoms with Crippen molar-refractivity contribution in [3.63, 3.8) is 0 Å². The van der Waals surface area contributed by atoms with E-state index < -0.39 is 4.92 Å². The largest absolute Gasteiger partial charge is 0.497 e. The van der Waals surface area contributed by atoms with Crippen molar-refractivity contribution >= 4 is 28.7 Å². The molecule has 1 N–H and O–H groups in total. The second-order valence-corrected chi connectivity index (χ2v) is 9.36. The lowest BCUT2D eigenvalue weighted by Crippen LogP contribution is -2.29. The molecule has 1 aliphatic rings. The zero-order chi connectivity index (χ0) is 27.0. The van der Waals surface area contributed by atoms with Gasteiger partial charge in [-0.05, 0) is 68.0 Å². The Balaban J connectivity index is 1.71. The van der Waals surface area contributed by atoms with E-state index >= 15 is 0 Å². The molecule has 0 radical (unpaired) electrons. The molecule has 194 valence electrons. The lowest BCUT2D eigenvalue weighted by molar-refractivity contribution is -0.384. The van der Waals surface area contributed by atoms with Crippen molar-refractivity contribution in [2.24, 2.45) is 0 Å². The van der Waals surface area contributed by atoms with Crippen molar-refractivity contribution in [2.45, 2.75) is 25.9 Å². The number of ether oxygens (including phenoxy) is 2. The zero-order valence-electron chi connectivity index (χ0n) is 21.4. The number of hydrogen-bond donors (Lipinski definition) is 1. The van der Waals surface area contributed by atoms with E-state index in [1.807, 2.05) is 60.9 Å². The SMILES string of the molecule is COc1cccc(N2C(=S)N[C@H](c3ccccn3)[C@H]2c2cc(C)n(-c3cc([N+](=O)[O-])ccc3OC)c2C)c1. The van der Waals surface area contributed by atoms with E-state index in [1.54, 1.807) is 26.5 Å². The van der Waals surface area contributed by atoms with Gasteiger partial charge in [-0.1, -0.05) is 12.1 Å². The maximum atomic E-state index is 11.6. The summed E-state index contributed by atoms with van der Waals surface area (Å²) >= 11 is 5.86. The Hall–Kier alpha value is -4.44. The van der Waals surface area contributed by atoms with Gasteiger partial charge in [0.15, 0.2) is 5.11 Å². The molecule has 0 bridgehead atoms. The number of anilines is 1. The molecular formula is C28H27N5O4S. The van der Waals surface area contributed by atoms with Crippen LogP contribution in [0.3, 0.4) is 0 Å². The highest BCUT2D eigenvalue weighted by molar-refractivity contribution is 7.80. The zero-order valence-corrected chi connectivity index (χ0v) is 22.2. The smallest absolute Gasteiger partial charge is 0.271 e. The Morgan fingerprint density at radius 3 is 2.53 bits per heavy atom. The predicted octanol–water partition coefficient (Wildman–Crippen LogP) is 5.59. The summed E-state index contributed by atoms with van der Waals surface area (Å²) in [6.07, 6.45) is 1.77. The number of aryl methyl sites for hydroxylation is 1. The Morgan fingerprint density at radius 2 is 1.84 bits per heavy atom. The molecule has 2 aromatic carbocycles. The molecule has 4 aromatic rings. The normalized spacial score (nSPS) is 16.8. The van der Waals surface area contributed by atoms with Crippen LogP contribution in [0.25, 0.3) is 5.69 Å². The number of nitro groups is 1. The molecule has 10 heteroatoms. The van der Waals surface area contributed by atoms with Gasteiger partial charge in [-0.25, -0.2) is 0 Å². The van der Waals surface area contributed by atoms with Crippen molar-refractivity contribution in [3.05, 3.63) is 106 Å². The third-order valence-corrected chi connectivity index (χ3v) is 7.15. The van der Waals surface area contributed by atoms with Crippen LogP contribution in [0.2, 0.25) is 0 Å². The van der Waals surface area contributed by atoms with Crippen LogP contribution in [-0.2, 0) is 0 Å². The second kappa shape index (κ2) is 10.1. The van der Waals surface area contributed by atoms with Gasteiger partial charge in [-0.3, -0.25) is 15.1 Å². The molecule has 0 aliphatic carbocycles.